The van der Waals surface area contributed by atoms with E-state index in [2.05, 4.69) is 5.32 Å². The highest BCUT2D eigenvalue weighted by molar-refractivity contribution is 5.81. The quantitative estimate of drug-likeness (QED) is 0.670. The fourth-order valence-electron chi connectivity index (χ4n) is 1.48. The molecule has 0 radical (unpaired) electrons. The molecule has 0 bridgehead atoms. The van der Waals surface area contributed by atoms with Gasteiger partial charge in [0.1, 0.15) is 0 Å². The zero-order valence-corrected chi connectivity index (χ0v) is 11.2. The van der Waals surface area contributed by atoms with Gasteiger partial charge in [-0.15, -0.1) is 0 Å². The molecule has 5 heteroatoms. The Kier molecular flexibility index (Phi) is 7.54. The van der Waals surface area contributed by atoms with Gasteiger partial charge in [0.15, 0.2) is 0 Å². The van der Waals surface area contributed by atoms with E-state index < -0.39 is 5.97 Å². The van der Waals surface area contributed by atoms with Gasteiger partial charge in [0.05, 0.1) is 12.5 Å². The van der Waals surface area contributed by atoms with E-state index in [-0.39, 0.29) is 24.4 Å². The summed E-state index contributed by atoms with van der Waals surface area (Å²) in [5.74, 6) is -0.879. The molecule has 0 aliphatic heterocycles. The third-order valence-electron chi connectivity index (χ3n) is 3.05. The highest BCUT2D eigenvalue weighted by Crippen LogP contribution is 2.01. The van der Waals surface area contributed by atoms with Crippen molar-refractivity contribution in [2.45, 2.75) is 52.1 Å². The molecule has 0 saturated carbocycles. The summed E-state index contributed by atoms with van der Waals surface area (Å²) < 4.78 is 0. The first kappa shape index (κ1) is 15.9. The summed E-state index contributed by atoms with van der Waals surface area (Å²) in [7, 11) is 1.76. The number of rotatable bonds is 8. The fourth-order valence-corrected chi connectivity index (χ4v) is 1.48. The number of carbonyl (C=O) groups excluding carboxylic acids is 1. The Morgan fingerprint density at radius 2 is 1.82 bits per heavy atom. The van der Waals surface area contributed by atoms with Gasteiger partial charge in [-0.2, -0.15) is 0 Å². The first-order valence-corrected chi connectivity index (χ1v) is 6.14. The van der Waals surface area contributed by atoms with Crippen LogP contribution in [0.4, 0.5) is 0 Å². The van der Waals surface area contributed by atoms with Crippen molar-refractivity contribution in [2.24, 2.45) is 0 Å². The Hall–Kier alpha value is -1.10. The Labute approximate surface area is 103 Å². The lowest BCUT2D eigenvalue weighted by atomic mass is 10.1. The smallest absolute Gasteiger partial charge is 0.304 e. The van der Waals surface area contributed by atoms with Crippen LogP contribution in [0.3, 0.4) is 0 Å². The zero-order chi connectivity index (χ0) is 13.4. The second-order valence-electron chi connectivity index (χ2n) is 4.32. The van der Waals surface area contributed by atoms with Crippen LogP contribution in [0.15, 0.2) is 0 Å². The molecule has 0 aromatic heterocycles. The minimum absolute atomic E-state index is 0.0356. The zero-order valence-electron chi connectivity index (χ0n) is 11.2. The number of nitrogens with one attached hydrogen (secondary N) is 1. The Balaban J connectivity index is 4.14. The maximum atomic E-state index is 11.9. The molecule has 5 nitrogen and oxygen atoms in total. The summed E-state index contributed by atoms with van der Waals surface area (Å²) in [5.41, 5.74) is 0. The van der Waals surface area contributed by atoms with Crippen molar-refractivity contribution in [2.75, 3.05) is 13.6 Å². The molecule has 1 atom stereocenters. The van der Waals surface area contributed by atoms with Crippen molar-refractivity contribution in [1.29, 1.82) is 0 Å². The minimum Gasteiger partial charge on any atom is -0.481 e. The fraction of sp³-hybridized carbons (Fsp3) is 0.833. The Bertz CT molecular complexity index is 252. The van der Waals surface area contributed by atoms with Gasteiger partial charge in [-0.05, 0) is 26.8 Å². The molecule has 0 spiro atoms. The summed E-state index contributed by atoms with van der Waals surface area (Å²) in [6, 6.07) is -0.0900. The number of amides is 1. The van der Waals surface area contributed by atoms with Crippen molar-refractivity contribution >= 4 is 11.9 Å². The average Bonchev–Trinajstić information content (AvgIpc) is 2.31. The van der Waals surface area contributed by atoms with Crippen molar-refractivity contribution in [3.05, 3.63) is 0 Å². The minimum atomic E-state index is -0.843. The summed E-state index contributed by atoms with van der Waals surface area (Å²) >= 11 is 0. The topological polar surface area (TPSA) is 69.6 Å². The van der Waals surface area contributed by atoms with Crippen molar-refractivity contribution in [3.8, 4) is 0 Å². The van der Waals surface area contributed by atoms with Crippen molar-refractivity contribution in [1.82, 2.24) is 10.2 Å². The molecular weight excluding hydrogens is 220 g/mol. The van der Waals surface area contributed by atoms with Crippen LogP contribution in [0.2, 0.25) is 0 Å². The normalized spacial score (nSPS) is 12.8. The van der Waals surface area contributed by atoms with Gasteiger partial charge in [0.2, 0.25) is 5.91 Å². The Morgan fingerprint density at radius 3 is 2.24 bits per heavy atom. The van der Waals surface area contributed by atoms with E-state index in [4.69, 9.17) is 5.11 Å². The molecule has 0 aromatic rings. The lowest BCUT2D eigenvalue weighted by Crippen LogP contribution is -2.47. The molecule has 0 saturated heterocycles. The van der Waals surface area contributed by atoms with E-state index >= 15 is 0 Å². The standard InChI is InChI=1S/C12H24N2O3/c1-5-10(6-2)13-12(17)9(3)14(4)8-7-11(15)16/h9-10H,5-8H2,1-4H3,(H,13,17)(H,15,16). The van der Waals surface area contributed by atoms with Crippen molar-refractivity contribution < 1.29 is 14.7 Å². The number of carboxylic acids is 1. The summed E-state index contributed by atoms with van der Waals surface area (Å²) in [6.07, 6.45) is 1.88. The number of carbonyl (C=O) groups is 2. The van der Waals surface area contributed by atoms with E-state index in [0.29, 0.717) is 6.54 Å². The van der Waals surface area contributed by atoms with Crippen molar-refractivity contribution in [3.63, 3.8) is 0 Å². The molecule has 1 amide bonds. The van der Waals surface area contributed by atoms with Gasteiger partial charge in [-0.3, -0.25) is 14.5 Å². The molecule has 1 unspecified atom stereocenters. The maximum Gasteiger partial charge on any atom is 0.304 e. The van der Waals surface area contributed by atoms with Crippen LogP contribution in [0, 0.1) is 0 Å². The van der Waals surface area contributed by atoms with Gasteiger partial charge in [0.25, 0.3) is 0 Å². The monoisotopic (exact) mass is 244 g/mol. The van der Waals surface area contributed by atoms with E-state index in [1.807, 2.05) is 13.8 Å². The Morgan fingerprint density at radius 1 is 1.29 bits per heavy atom. The van der Waals surface area contributed by atoms with Gasteiger partial charge >= 0.3 is 5.97 Å². The van der Waals surface area contributed by atoms with E-state index in [0.717, 1.165) is 12.8 Å². The SMILES string of the molecule is CCC(CC)NC(=O)C(C)N(C)CCC(=O)O. The third kappa shape index (κ3) is 6.26. The van der Waals surface area contributed by atoms with Gasteiger partial charge in [0, 0.05) is 12.6 Å². The molecule has 2 N–H and O–H groups in total. The van der Waals surface area contributed by atoms with E-state index in [1.54, 1.807) is 18.9 Å². The second kappa shape index (κ2) is 8.06. The first-order valence-electron chi connectivity index (χ1n) is 6.14. The van der Waals surface area contributed by atoms with Crippen LogP contribution in [0.25, 0.3) is 0 Å². The molecule has 0 heterocycles. The number of hydrogen-bond donors (Lipinski definition) is 2. The lowest BCUT2D eigenvalue weighted by Gasteiger charge is -2.25. The van der Waals surface area contributed by atoms with Crippen LogP contribution in [-0.4, -0.2) is 47.6 Å². The molecule has 17 heavy (non-hydrogen) atoms. The largest absolute Gasteiger partial charge is 0.481 e. The van der Waals surface area contributed by atoms with Gasteiger partial charge < -0.3 is 10.4 Å². The molecule has 0 aliphatic carbocycles. The predicted molar refractivity (Wildman–Crippen MR) is 66.9 cm³/mol. The van der Waals surface area contributed by atoms with Crippen LogP contribution >= 0.6 is 0 Å². The number of aliphatic carboxylic acids is 1. The highest BCUT2D eigenvalue weighted by Gasteiger charge is 2.20. The molecule has 0 aliphatic rings. The first-order chi connectivity index (χ1) is 7.92. The van der Waals surface area contributed by atoms with Crippen LogP contribution in [-0.2, 0) is 9.59 Å². The third-order valence-corrected chi connectivity index (χ3v) is 3.05. The molecule has 100 valence electrons. The second-order valence-corrected chi connectivity index (χ2v) is 4.32. The summed E-state index contributed by atoms with van der Waals surface area (Å²) in [5, 5.41) is 11.5. The molecule has 0 fully saturated rings. The lowest BCUT2D eigenvalue weighted by molar-refractivity contribution is -0.138. The summed E-state index contributed by atoms with van der Waals surface area (Å²) in [4.78, 5) is 24.1. The number of hydrogen-bond acceptors (Lipinski definition) is 3. The van der Waals surface area contributed by atoms with Gasteiger partial charge in [-0.1, -0.05) is 13.8 Å². The van der Waals surface area contributed by atoms with Crippen LogP contribution in [0.1, 0.15) is 40.0 Å². The highest BCUT2D eigenvalue weighted by atomic mass is 16.4. The predicted octanol–water partition coefficient (Wildman–Crippen LogP) is 1.09. The van der Waals surface area contributed by atoms with Crippen LogP contribution in [0.5, 0.6) is 0 Å². The maximum absolute atomic E-state index is 11.9. The van der Waals surface area contributed by atoms with Gasteiger partial charge in [-0.25, -0.2) is 0 Å². The molecular formula is C12H24N2O3. The molecule has 0 rings (SSSR count). The van der Waals surface area contributed by atoms with Crippen LogP contribution < -0.4 is 5.32 Å². The number of carboxylic acid groups (broad SMARTS) is 1. The average molecular weight is 244 g/mol. The molecule has 0 aromatic carbocycles. The van der Waals surface area contributed by atoms with E-state index in [1.165, 1.54) is 0 Å². The number of likely N-dealkylation sites (N-methyl/N-ethyl adjacent to an activating group) is 1. The number of nitrogens with zero attached hydrogens (tertiary/aromatic N) is 1. The van der Waals surface area contributed by atoms with E-state index in [9.17, 15) is 9.59 Å². The summed E-state index contributed by atoms with van der Waals surface area (Å²) in [6.45, 7) is 6.24.